The van der Waals surface area contributed by atoms with Crippen molar-refractivity contribution in [2.45, 2.75) is 58.0 Å². The first kappa shape index (κ1) is 28.7. The van der Waals surface area contributed by atoms with E-state index < -0.39 is 4.92 Å². The number of allylic oxidation sites excluding steroid dienone is 1. The highest BCUT2D eigenvalue weighted by Crippen LogP contribution is 2.35. The Hall–Kier alpha value is -4.79. The van der Waals surface area contributed by atoms with E-state index in [4.69, 9.17) is 14.5 Å². The van der Waals surface area contributed by atoms with Crippen molar-refractivity contribution in [3.63, 3.8) is 0 Å². The van der Waals surface area contributed by atoms with Crippen molar-refractivity contribution in [2.75, 3.05) is 6.61 Å². The number of benzene rings is 3. The molecule has 3 aromatic carbocycles. The highest BCUT2D eigenvalue weighted by Gasteiger charge is 2.22. The molecule has 0 N–H and O–H groups in total. The summed E-state index contributed by atoms with van der Waals surface area (Å²) in [6.45, 7) is 6.31. The van der Waals surface area contributed by atoms with Crippen molar-refractivity contribution < 1.29 is 14.4 Å². The molecule has 9 heteroatoms. The topological polar surface area (TPSA) is 109 Å². The molecule has 0 amide bonds. The number of nitro groups is 1. The summed E-state index contributed by atoms with van der Waals surface area (Å²) in [7, 11) is 0. The van der Waals surface area contributed by atoms with E-state index in [2.05, 4.69) is 11.7 Å². The van der Waals surface area contributed by atoms with E-state index in [-0.39, 0.29) is 23.8 Å². The Morgan fingerprint density at radius 2 is 1.90 bits per heavy atom. The highest BCUT2D eigenvalue weighted by atomic mass is 16.6. The maximum absolute atomic E-state index is 13.6. The third-order valence-corrected chi connectivity index (χ3v) is 7.39. The van der Waals surface area contributed by atoms with Gasteiger partial charge >= 0.3 is 0 Å². The molecule has 0 bridgehead atoms. The molecule has 1 fully saturated rings. The lowest BCUT2D eigenvalue weighted by molar-refractivity contribution is -0.384. The van der Waals surface area contributed by atoms with Crippen LogP contribution in [-0.4, -0.2) is 27.4 Å². The molecule has 42 heavy (non-hydrogen) atoms. The Bertz CT molecular complexity index is 1690. The summed E-state index contributed by atoms with van der Waals surface area (Å²) in [5.41, 5.74) is 2.72. The van der Waals surface area contributed by atoms with Crippen LogP contribution in [0.3, 0.4) is 0 Å². The summed E-state index contributed by atoms with van der Waals surface area (Å²) in [6.07, 6.45) is 9.30. The fraction of sp³-hybridized carbons (Fsp3) is 0.303. The smallest absolute Gasteiger partial charge is 0.282 e. The maximum Gasteiger partial charge on any atom is 0.282 e. The number of hydrogen-bond donors (Lipinski definition) is 0. The Morgan fingerprint density at radius 1 is 1.10 bits per heavy atom. The molecular weight excluding hydrogens is 532 g/mol. The standard InChI is InChI=1S/C33H34N4O5/c1-3-11-26-18-24(20-30(41-4-2)31(26)42-22-23-12-10-15-27(19-23)37(39)40)21-34-36-32(25-13-6-5-7-14-25)35-29-17-9-8-16-28(29)33(36)38/h3,8-10,12,15-21,25H,1,4-7,11,13-14,22H2,2H3. The SMILES string of the molecule is C=CCc1cc(C=Nn2c(C3CCCCC3)nc3ccccc3c2=O)cc(OCC)c1OCc1cccc([N+](=O)[O-])c1. The molecule has 5 rings (SSSR count). The van der Waals surface area contributed by atoms with Crippen molar-refractivity contribution >= 4 is 22.8 Å². The second kappa shape index (κ2) is 13.2. The zero-order valence-electron chi connectivity index (χ0n) is 23.7. The van der Waals surface area contributed by atoms with Gasteiger partial charge in [0.05, 0.1) is 28.6 Å². The fourth-order valence-electron chi connectivity index (χ4n) is 5.41. The minimum Gasteiger partial charge on any atom is -0.490 e. The average molecular weight is 567 g/mol. The lowest BCUT2D eigenvalue weighted by Crippen LogP contribution is -2.25. The molecule has 1 aromatic heterocycles. The molecular formula is C33H34N4O5. The van der Waals surface area contributed by atoms with E-state index >= 15 is 0 Å². The van der Waals surface area contributed by atoms with Crippen molar-refractivity contribution in [1.82, 2.24) is 9.66 Å². The molecule has 0 aliphatic heterocycles. The van der Waals surface area contributed by atoms with Gasteiger partial charge in [-0.2, -0.15) is 9.78 Å². The zero-order chi connectivity index (χ0) is 29.5. The van der Waals surface area contributed by atoms with Gasteiger partial charge in [-0.25, -0.2) is 4.98 Å². The van der Waals surface area contributed by atoms with Crippen molar-refractivity contribution in [3.05, 3.63) is 116 Å². The summed E-state index contributed by atoms with van der Waals surface area (Å²) in [6, 6.07) is 17.5. The molecule has 0 spiro atoms. The van der Waals surface area contributed by atoms with E-state index in [1.807, 2.05) is 37.3 Å². The van der Waals surface area contributed by atoms with Crippen LogP contribution in [-0.2, 0) is 13.0 Å². The van der Waals surface area contributed by atoms with Crippen LogP contribution in [0.2, 0.25) is 0 Å². The van der Waals surface area contributed by atoms with Gasteiger partial charge in [-0.05, 0) is 61.6 Å². The van der Waals surface area contributed by atoms with Gasteiger partial charge in [-0.3, -0.25) is 14.9 Å². The van der Waals surface area contributed by atoms with E-state index in [1.54, 1.807) is 30.5 Å². The first-order valence-corrected chi connectivity index (χ1v) is 14.3. The van der Waals surface area contributed by atoms with E-state index in [0.29, 0.717) is 46.8 Å². The minimum atomic E-state index is -0.428. The molecule has 1 aliphatic rings. The zero-order valence-corrected chi connectivity index (χ0v) is 23.7. The van der Waals surface area contributed by atoms with Crippen LogP contribution in [0.1, 0.15) is 67.5 Å². The summed E-state index contributed by atoms with van der Waals surface area (Å²) < 4.78 is 13.6. The number of non-ortho nitro benzene ring substituents is 1. The van der Waals surface area contributed by atoms with Gasteiger partial charge in [-0.15, -0.1) is 6.58 Å². The molecule has 9 nitrogen and oxygen atoms in total. The summed E-state index contributed by atoms with van der Waals surface area (Å²) >= 11 is 0. The van der Waals surface area contributed by atoms with Crippen LogP contribution in [0.4, 0.5) is 5.69 Å². The monoisotopic (exact) mass is 566 g/mol. The summed E-state index contributed by atoms with van der Waals surface area (Å²) in [5, 5.41) is 16.4. The molecule has 0 unspecified atom stereocenters. The lowest BCUT2D eigenvalue weighted by Gasteiger charge is -2.22. The number of fused-ring (bicyclic) bond motifs is 1. The van der Waals surface area contributed by atoms with Crippen LogP contribution < -0.4 is 15.0 Å². The van der Waals surface area contributed by atoms with Crippen LogP contribution in [0.5, 0.6) is 11.5 Å². The Morgan fingerprint density at radius 3 is 2.67 bits per heavy atom. The molecule has 216 valence electrons. The number of hydrogen-bond acceptors (Lipinski definition) is 7. The number of nitro benzene ring substituents is 1. The highest BCUT2D eigenvalue weighted by molar-refractivity contribution is 5.82. The van der Waals surface area contributed by atoms with E-state index in [1.165, 1.54) is 23.2 Å². The van der Waals surface area contributed by atoms with E-state index in [0.717, 1.165) is 36.8 Å². The third-order valence-electron chi connectivity index (χ3n) is 7.39. The predicted molar refractivity (Wildman–Crippen MR) is 164 cm³/mol. The lowest BCUT2D eigenvalue weighted by atomic mass is 9.88. The Labute approximate surface area is 244 Å². The van der Waals surface area contributed by atoms with Crippen molar-refractivity contribution in [3.8, 4) is 11.5 Å². The number of nitrogens with zero attached hydrogens (tertiary/aromatic N) is 4. The first-order chi connectivity index (χ1) is 20.5. The predicted octanol–water partition coefficient (Wildman–Crippen LogP) is 6.94. The number of rotatable bonds is 11. The molecule has 1 aliphatic carbocycles. The number of ether oxygens (including phenoxy) is 2. The number of aromatic nitrogens is 2. The minimum absolute atomic E-state index is 0.00465. The van der Waals surface area contributed by atoms with Crippen LogP contribution in [0, 0.1) is 10.1 Å². The first-order valence-electron chi connectivity index (χ1n) is 14.3. The summed E-state index contributed by atoms with van der Waals surface area (Å²) in [5.74, 6) is 1.92. The van der Waals surface area contributed by atoms with Gasteiger partial charge in [0.2, 0.25) is 0 Å². The van der Waals surface area contributed by atoms with Crippen LogP contribution in [0.15, 0.2) is 83.2 Å². The molecule has 0 radical (unpaired) electrons. The molecule has 1 heterocycles. The van der Waals surface area contributed by atoms with Gasteiger partial charge < -0.3 is 9.47 Å². The van der Waals surface area contributed by atoms with Crippen LogP contribution in [0.25, 0.3) is 10.9 Å². The molecule has 4 aromatic rings. The van der Waals surface area contributed by atoms with Crippen LogP contribution >= 0.6 is 0 Å². The van der Waals surface area contributed by atoms with Gasteiger partial charge in [0.1, 0.15) is 12.4 Å². The van der Waals surface area contributed by atoms with Crippen molar-refractivity contribution in [2.24, 2.45) is 5.10 Å². The molecule has 1 saturated carbocycles. The largest absolute Gasteiger partial charge is 0.490 e. The van der Waals surface area contributed by atoms with Crippen molar-refractivity contribution in [1.29, 1.82) is 0 Å². The average Bonchev–Trinajstić information content (AvgIpc) is 3.01. The molecule has 0 saturated heterocycles. The van der Waals surface area contributed by atoms with E-state index in [9.17, 15) is 14.9 Å². The Balaban J connectivity index is 1.52. The molecule has 0 atom stereocenters. The second-order valence-electron chi connectivity index (χ2n) is 10.3. The normalized spacial score (nSPS) is 13.8. The maximum atomic E-state index is 13.6. The van der Waals surface area contributed by atoms with Gasteiger partial charge in [0.15, 0.2) is 11.5 Å². The second-order valence-corrected chi connectivity index (χ2v) is 10.3. The third kappa shape index (κ3) is 6.40. The van der Waals surface area contributed by atoms with Gasteiger partial charge in [0, 0.05) is 23.6 Å². The fourth-order valence-corrected chi connectivity index (χ4v) is 5.41. The van der Waals surface area contributed by atoms with Gasteiger partial charge in [0.25, 0.3) is 11.2 Å². The number of para-hydroxylation sites is 1. The quantitative estimate of drug-likeness (QED) is 0.0842. The van der Waals surface area contributed by atoms with Gasteiger partial charge in [-0.1, -0.05) is 49.6 Å². The summed E-state index contributed by atoms with van der Waals surface area (Å²) in [4.78, 5) is 29.3. The Kier molecular flexibility index (Phi) is 9.06.